The van der Waals surface area contributed by atoms with Gasteiger partial charge in [0.15, 0.2) is 0 Å². The summed E-state index contributed by atoms with van der Waals surface area (Å²) >= 11 is 0. The minimum atomic E-state index is -0.715. The van der Waals surface area contributed by atoms with Gasteiger partial charge < -0.3 is 15.0 Å². The van der Waals surface area contributed by atoms with Crippen LogP contribution in [-0.2, 0) is 13.0 Å². The van der Waals surface area contributed by atoms with Gasteiger partial charge in [-0.3, -0.25) is 4.79 Å². The second-order valence-corrected chi connectivity index (χ2v) is 7.67. The van der Waals surface area contributed by atoms with Crippen LogP contribution < -0.4 is 5.32 Å². The van der Waals surface area contributed by atoms with E-state index in [1.807, 2.05) is 66.2 Å². The van der Waals surface area contributed by atoms with Crippen LogP contribution in [0.25, 0.3) is 5.69 Å². The number of hydrogen-bond acceptors (Lipinski definition) is 3. The molecule has 1 amide bonds. The lowest BCUT2D eigenvalue weighted by Crippen LogP contribution is -2.24. The van der Waals surface area contributed by atoms with Crippen molar-refractivity contribution in [1.29, 1.82) is 0 Å². The molecule has 5 heteroatoms. The Morgan fingerprint density at radius 3 is 2.68 bits per heavy atom. The summed E-state index contributed by atoms with van der Waals surface area (Å²) in [6.45, 7) is 5.97. The van der Waals surface area contributed by atoms with Gasteiger partial charge in [-0.15, -0.1) is 0 Å². The van der Waals surface area contributed by atoms with Crippen LogP contribution in [-0.4, -0.2) is 26.2 Å². The monoisotopic (exact) mass is 377 g/mol. The Morgan fingerprint density at radius 1 is 1.18 bits per heavy atom. The molecule has 0 unspecified atom stereocenters. The van der Waals surface area contributed by atoms with E-state index in [1.165, 1.54) is 0 Å². The third-order valence-corrected chi connectivity index (χ3v) is 4.73. The van der Waals surface area contributed by atoms with E-state index in [-0.39, 0.29) is 5.91 Å². The fraction of sp³-hybridized carbons (Fsp3) is 0.304. The predicted molar refractivity (Wildman–Crippen MR) is 111 cm³/mol. The van der Waals surface area contributed by atoms with E-state index in [4.69, 9.17) is 0 Å². The molecule has 0 spiro atoms. The van der Waals surface area contributed by atoms with Crippen molar-refractivity contribution in [1.82, 2.24) is 14.9 Å². The van der Waals surface area contributed by atoms with Gasteiger partial charge in [0.25, 0.3) is 5.91 Å². The first-order valence-electron chi connectivity index (χ1n) is 9.51. The molecule has 0 aliphatic carbocycles. The molecule has 146 valence electrons. The summed E-state index contributed by atoms with van der Waals surface area (Å²) in [6.07, 6.45) is 5.06. The first-order valence-corrected chi connectivity index (χ1v) is 9.51. The van der Waals surface area contributed by atoms with Crippen LogP contribution in [0.1, 0.15) is 47.6 Å². The summed E-state index contributed by atoms with van der Waals surface area (Å²) in [5.41, 5.74) is 2.99. The van der Waals surface area contributed by atoms with Gasteiger partial charge in [-0.05, 0) is 62.9 Å². The molecule has 0 aliphatic rings. The molecule has 0 saturated heterocycles. The molecule has 3 rings (SSSR count). The predicted octanol–water partition coefficient (Wildman–Crippen LogP) is 3.81. The number of benzene rings is 2. The van der Waals surface area contributed by atoms with Crippen molar-refractivity contribution < 1.29 is 9.90 Å². The highest BCUT2D eigenvalue weighted by Gasteiger charge is 2.13. The highest BCUT2D eigenvalue weighted by atomic mass is 16.3. The van der Waals surface area contributed by atoms with Crippen molar-refractivity contribution in [3.63, 3.8) is 0 Å². The summed E-state index contributed by atoms with van der Waals surface area (Å²) in [5, 5.41) is 12.9. The normalized spacial score (nSPS) is 11.4. The standard InChI is InChI=1S/C23H27N3O2/c1-17-24-13-14-26(17)21-10-5-4-8-20(21)16-25-22(27)19-9-6-7-18(15-19)11-12-23(2,3)28/h4-10,13-15,28H,11-12,16H2,1-3H3,(H,25,27). The van der Waals surface area contributed by atoms with Gasteiger partial charge in [-0.2, -0.15) is 0 Å². The quantitative estimate of drug-likeness (QED) is 0.658. The number of carbonyl (C=O) groups excluding carboxylic acids is 1. The van der Waals surface area contributed by atoms with Crippen LogP contribution in [0.4, 0.5) is 0 Å². The number of aliphatic hydroxyl groups is 1. The molecule has 0 bridgehead atoms. The Kier molecular flexibility index (Phi) is 5.95. The third-order valence-electron chi connectivity index (χ3n) is 4.73. The van der Waals surface area contributed by atoms with Gasteiger partial charge in [0.1, 0.15) is 5.82 Å². The van der Waals surface area contributed by atoms with Crippen LogP contribution in [0.5, 0.6) is 0 Å². The number of imidazole rings is 1. The first-order chi connectivity index (χ1) is 13.3. The zero-order valence-electron chi connectivity index (χ0n) is 16.6. The van der Waals surface area contributed by atoms with E-state index >= 15 is 0 Å². The summed E-state index contributed by atoms with van der Waals surface area (Å²) in [7, 11) is 0. The first kappa shape index (κ1) is 19.8. The number of aryl methyl sites for hydroxylation is 2. The number of nitrogens with zero attached hydrogens (tertiary/aromatic N) is 2. The highest BCUT2D eigenvalue weighted by Crippen LogP contribution is 2.17. The SMILES string of the molecule is Cc1nccn1-c1ccccc1CNC(=O)c1cccc(CCC(C)(C)O)c1. The molecular formula is C23H27N3O2. The van der Waals surface area contributed by atoms with Gasteiger partial charge in [-0.1, -0.05) is 30.3 Å². The van der Waals surface area contributed by atoms with Gasteiger partial charge >= 0.3 is 0 Å². The maximum atomic E-state index is 12.7. The molecule has 5 nitrogen and oxygen atoms in total. The molecule has 1 aromatic heterocycles. The summed E-state index contributed by atoms with van der Waals surface area (Å²) in [4.78, 5) is 16.9. The lowest BCUT2D eigenvalue weighted by molar-refractivity contribution is 0.0714. The molecule has 0 atom stereocenters. The Hall–Kier alpha value is -2.92. The lowest BCUT2D eigenvalue weighted by atomic mass is 9.98. The minimum absolute atomic E-state index is 0.109. The fourth-order valence-electron chi connectivity index (χ4n) is 3.12. The van der Waals surface area contributed by atoms with Crippen LogP contribution in [0, 0.1) is 6.92 Å². The summed E-state index contributed by atoms with van der Waals surface area (Å²) in [5.74, 6) is 0.792. The number of aromatic nitrogens is 2. The van der Waals surface area contributed by atoms with Gasteiger partial charge in [-0.25, -0.2) is 4.98 Å². The molecule has 0 saturated carbocycles. The van der Waals surface area contributed by atoms with Crippen molar-refractivity contribution >= 4 is 5.91 Å². The second-order valence-electron chi connectivity index (χ2n) is 7.67. The van der Waals surface area contributed by atoms with Crippen molar-refractivity contribution in [2.45, 2.75) is 45.8 Å². The highest BCUT2D eigenvalue weighted by molar-refractivity contribution is 5.94. The van der Waals surface area contributed by atoms with Gasteiger partial charge in [0.2, 0.25) is 0 Å². The smallest absolute Gasteiger partial charge is 0.251 e. The van der Waals surface area contributed by atoms with Crippen LogP contribution in [0.2, 0.25) is 0 Å². The van der Waals surface area contributed by atoms with Crippen molar-refractivity contribution in [2.75, 3.05) is 0 Å². The largest absolute Gasteiger partial charge is 0.390 e. The maximum Gasteiger partial charge on any atom is 0.251 e. The number of para-hydroxylation sites is 1. The van der Waals surface area contributed by atoms with E-state index in [0.717, 1.165) is 29.1 Å². The van der Waals surface area contributed by atoms with Crippen LogP contribution in [0.3, 0.4) is 0 Å². The number of hydrogen-bond donors (Lipinski definition) is 2. The zero-order chi connectivity index (χ0) is 20.1. The molecule has 2 aromatic carbocycles. The number of carbonyl (C=O) groups is 1. The Bertz CT molecular complexity index is 954. The second kappa shape index (κ2) is 8.40. The van der Waals surface area contributed by atoms with Crippen LogP contribution in [0.15, 0.2) is 60.9 Å². The van der Waals surface area contributed by atoms with E-state index < -0.39 is 5.60 Å². The molecule has 28 heavy (non-hydrogen) atoms. The maximum absolute atomic E-state index is 12.7. The Balaban J connectivity index is 1.69. The van der Waals surface area contributed by atoms with E-state index in [0.29, 0.717) is 18.5 Å². The molecule has 0 aliphatic heterocycles. The Morgan fingerprint density at radius 2 is 1.96 bits per heavy atom. The average Bonchev–Trinajstić information content (AvgIpc) is 3.10. The number of rotatable bonds is 7. The average molecular weight is 377 g/mol. The molecule has 0 radical (unpaired) electrons. The van der Waals surface area contributed by atoms with Crippen LogP contribution >= 0.6 is 0 Å². The minimum Gasteiger partial charge on any atom is -0.390 e. The third kappa shape index (κ3) is 5.08. The molecule has 2 N–H and O–H groups in total. The van der Waals surface area contributed by atoms with Crippen molar-refractivity contribution in [3.8, 4) is 5.69 Å². The Labute approximate surface area is 166 Å². The molecule has 1 heterocycles. The fourth-order valence-corrected chi connectivity index (χ4v) is 3.12. The number of amides is 1. The molecule has 0 fully saturated rings. The summed E-state index contributed by atoms with van der Waals surface area (Å²) < 4.78 is 2.01. The molecule has 3 aromatic rings. The van der Waals surface area contributed by atoms with E-state index in [1.54, 1.807) is 20.0 Å². The number of nitrogens with one attached hydrogen (secondary N) is 1. The van der Waals surface area contributed by atoms with Gasteiger partial charge in [0, 0.05) is 24.5 Å². The topological polar surface area (TPSA) is 67.2 Å². The zero-order valence-corrected chi connectivity index (χ0v) is 16.6. The van der Waals surface area contributed by atoms with E-state index in [2.05, 4.69) is 10.3 Å². The van der Waals surface area contributed by atoms with E-state index in [9.17, 15) is 9.90 Å². The molecular weight excluding hydrogens is 350 g/mol. The van der Waals surface area contributed by atoms with Gasteiger partial charge in [0.05, 0.1) is 11.3 Å². The van der Waals surface area contributed by atoms with Crippen molar-refractivity contribution in [2.24, 2.45) is 0 Å². The lowest BCUT2D eigenvalue weighted by Gasteiger charge is -2.17. The van der Waals surface area contributed by atoms with Crippen molar-refractivity contribution in [3.05, 3.63) is 83.4 Å². The summed E-state index contributed by atoms with van der Waals surface area (Å²) in [6, 6.07) is 15.6.